The summed E-state index contributed by atoms with van der Waals surface area (Å²) in [4.78, 5) is 22.6. The van der Waals surface area contributed by atoms with Crippen LogP contribution < -0.4 is 9.47 Å². The van der Waals surface area contributed by atoms with Gasteiger partial charge in [-0.25, -0.2) is 0 Å². The van der Waals surface area contributed by atoms with Crippen LogP contribution in [-0.4, -0.2) is 31.4 Å². The minimum atomic E-state index is -0.182. The normalized spacial score (nSPS) is 10.4. The average Bonchev–Trinajstić information content (AvgIpc) is 2.45. The number of hydrogen-bond donors (Lipinski definition) is 1. The van der Waals surface area contributed by atoms with Crippen LogP contribution in [0.1, 0.15) is 22.8 Å². The third kappa shape index (κ3) is 2.67. The molecule has 0 radical (unpaired) electrons. The van der Waals surface area contributed by atoms with Crippen molar-refractivity contribution in [1.82, 2.24) is 0 Å². The van der Waals surface area contributed by atoms with E-state index >= 15 is 0 Å². The van der Waals surface area contributed by atoms with Crippen molar-refractivity contribution in [3.63, 3.8) is 0 Å². The molecule has 0 aliphatic rings. The molecule has 110 valence electrons. The average molecular weight is 288 g/mol. The van der Waals surface area contributed by atoms with Gasteiger partial charge in [0, 0.05) is 12.5 Å². The number of phenols is 1. The number of benzene rings is 2. The highest BCUT2D eigenvalue weighted by Gasteiger charge is 2.17. The van der Waals surface area contributed by atoms with Gasteiger partial charge in [-0.3, -0.25) is 9.59 Å². The van der Waals surface area contributed by atoms with Crippen molar-refractivity contribution in [2.45, 2.75) is 13.3 Å². The number of fused-ring (bicyclic) bond motifs is 1. The van der Waals surface area contributed by atoms with E-state index in [1.165, 1.54) is 21.1 Å². The molecule has 0 aliphatic heterocycles. The first-order valence-electron chi connectivity index (χ1n) is 6.37. The minimum absolute atomic E-state index is 0.0805. The fourth-order valence-electron chi connectivity index (χ4n) is 2.35. The van der Waals surface area contributed by atoms with Crippen LogP contribution in [0.4, 0.5) is 0 Å². The summed E-state index contributed by atoms with van der Waals surface area (Å²) >= 11 is 0. The van der Waals surface area contributed by atoms with Crippen LogP contribution in [0.3, 0.4) is 0 Å². The van der Waals surface area contributed by atoms with E-state index in [2.05, 4.69) is 0 Å². The molecular formula is C16H16O5. The van der Waals surface area contributed by atoms with Crippen molar-refractivity contribution in [3.05, 3.63) is 29.3 Å². The molecule has 0 amide bonds. The molecule has 0 aromatic heterocycles. The largest absolute Gasteiger partial charge is 0.506 e. The second kappa shape index (κ2) is 5.83. The quantitative estimate of drug-likeness (QED) is 0.856. The lowest BCUT2D eigenvalue weighted by molar-refractivity contribution is -0.116. The number of methoxy groups -OCH3 is 2. The fraction of sp³-hybridized carbons (Fsp3) is 0.250. The summed E-state index contributed by atoms with van der Waals surface area (Å²) in [6, 6.07) is 5.04. The van der Waals surface area contributed by atoms with Crippen LogP contribution in [0.2, 0.25) is 0 Å². The van der Waals surface area contributed by atoms with Crippen molar-refractivity contribution in [1.29, 1.82) is 0 Å². The molecule has 0 saturated carbocycles. The summed E-state index contributed by atoms with van der Waals surface area (Å²) in [5.74, 6) is 0.690. The molecule has 0 fully saturated rings. The highest BCUT2D eigenvalue weighted by molar-refractivity contribution is 6.02. The van der Waals surface area contributed by atoms with E-state index in [0.717, 1.165) is 0 Å². The SMILES string of the molecule is COc1cc(OC)c2c(O)c(C=O)c(CC(C)=O)cc2c1. The Labute approximate surface area is 122 Å². The van der Waals surface area contributed by atoms with Crippen molar-refractivity contribution in [3.8, 4) is 17.2 Å². The molecule has 5 nitrogen and oxygen atoms in total. The van der Waals surface area contributed by atoms with E-state index < -0.39 is 0 Å². The zero-order valence-corrected chi connectivity index (χ0v) is 12.1. The highest BCUT2D eigenvalue weighted by atomic mass is 16.5. The molecule has 0 atom stereocenters. The van der Waals surface area contributed by atoms with Gasteiger partial charge in [0.15, 0.2) is 6.29 Å². The van der Waals surface area contributed by atoms with E-state index in [1.807, 2.05) is 0 Å². The maximum absolute atomic E-state index is 11.3. The first-order chi connectivity index (χ1) is 10.0. The van der Waals surface area contributed by atoms with Gasteiger partial charge in [-0.1, -0.05) is 0 Å². The number of carbonyl (C=O) groups excluding carboxylic acids is 2. The molecule has 5 heteroatoms. The number of aromatic hydroxyl groups is 1. The number of ether oxygens (including phenoxy) is 2. The van der Waals surface area contributed by atoms with Crippen LogP contribution in [0.15, 0.2) is 18.2 Å². The molecule has 2 aromatic carbocycles. The molecule has 0 aliphatic carbocycles. The molecule has 0 saturated heterocycles. The third-order valence-electron chi connectivity index (χ3n) is 3.29. The summed E-state index contributed by atoms with van der Waals surface area (Å²) in [6.07, 6.45) is 0.633. The van der Waals surface area contributed by atoms with E-state index in [-0.39, 0.29) is 23.5 Å². The van der Waals surface area contributed by atoms with Crippen molar-refractivity contribution in [2.75, 3.05) is 14.2 Å². The molecule has 0 spiro atoms. The summed E-state index contributed by atoms with van der Waals surface area (Å²) < 4.78 is 10.4. The Morgan fingerprint density at radius 2 is 1.95 bits per heavy atom. The van der Waals surface area contributed by atoms with E-state index in [4.69, 9.17) is 9.47 Å². The van der Waals surface area contributed by atoms with Gasteiger partial charge >= 0.3 is 0 Å². The first kappa shape index (κ1) is 14.8. The lowest BCUT2D eigenvalue weighted by atomic mass is 9.96. The summed E-state index contributed by atoms with van der Waals surface area (Å²) in [5.41, 5.74) is 0.596. The summed E-state index contributed by atoms with van der Waals surface area (Å²) in [5, 5.41) is 11.4. The monoisotopic (exact) mass is 288 g/mol. The topological polar surface area (TPSA) is 72.8 Å². The number of aldehydes is 1. The molecule has 0 bridgehead atoms. The first-order valence-corrected chi connectivity index (χ1v) is 6.37. The van der Waals surface area contributed by atoms with E-state index in [1.54, 1.807) is 18.2 Å². The van der Waals surface area contributed by atoms with Crippen LogP contribution in [-0.2, 0) is 11.2 Å². The standard InChI is InChI=1S/C16H16O5/c1-9(18)4-10-5-11-6-12(20-2)7-14(21-3)15(11)16(19)13(10)8-17/h5-8,19H,4H2,1-3H3. The molecule has 0 unspecified atom stereocenters. The van der Waals surface area contributed by atoms with Crippen molar-refractivity contribution >= 4 is 22.8 Å². The Balaban J connectivity index is 2.84. The maximum Gasteiger partial charge on any atom is 0.154 e. The van der Waals surface area contributed by atoms with E-state index in [0.29, 0.717) is 34.1 Å². The van der Waals surface area contributed by atoms with Gasteiger partial charge in [0.1, 0.15) is 23.0 Å². The zero-order valence-electron chi connectivity index (χ0n) is 12.1. The molecule has 1 N–H and O–H groups in total. The van der Waals surface area contributed by atoms with Crippen molar-refractivity contribution < 1.29 is 24.2 Å². The Morgan fingerprint density at radius 1 is 1.24 bits per heavy atom. The van der Waals surface area contributed by atoms with Gasteiger partial charge in [-0.15, -0.1) is 0 Å². The molecule has 2 rings (SSSR count). The van der Waals surface area contributed by atoms with Crippen molar-refractivity contribution in [2.24, 2.45) is 0 Å². The number of phenolic OH excluding ortho intramolecular Hbond substituents is 1. The van der Waals surface area contributed by atoms with Gasteiger partial charge in [0.05, 0.1) is 25.2 Å². The van der Waals surface area contributed by atoms with Crippen LogP contribution in [0.25, 0.3) is 10.8 Å². The fourth-order valence-corrected chi connectivity index (χ4v) is 2.35. The predicted molar refractivity (Wildman–Crippen MR) is 78.5 cm³/mol. The van der Waals surface area contributed by atoms with Gasteiger partial charge in [0.25, 0.3) is 0 Å². The summed E-state index contributed by atoms with van der Waals surface area (Å²) in [6.45, 7) is 1.43. The molecular weight excluding hydrogens is 272 g/mol. The minimum Gasteiger partial charge on any atom is -0.506 e. The number of carbonyl (C=O) groups is 2. The zero-order chi connectivity index (χ0) is 15.6. The van der Waals surface area contributed by atoms with Crippen LogP contribution >= 0.6 is 0 Å². The Hall–Kier alpha value is -2.56. The number of rotatable bonds is 5. The Bertz CT molecular complexity index is 718. The lowest BCUT2D eigenvalue weighted by Crippen LogP contribution is -2.02. The second-order valence-corrected chi connectivity index (χ2v) is 4.72. The molecule has 21 heavy (non-hydrogen) atoms. The van der Waals surface area contributed by atoms with Crippen LogP contribution in [0.5, 0.6) is 17.2 Å². The number of Topliss-reactive ketones (excluding diaryl/α,β-unsaturated/α-hetero) is 1. The number of ketones is 1. The number of hydrogen-bond acceptors (Lipinski definition) is 5. The highest BCUT2D eigenvalue weighted by Crippen LogP contribution is 2.40. The van der Waals surface area contributed by atoms with Gasteiger partial charge in [-0.2, -0.15) is 0 Å². The molecule has 2 aromatic rings. The second-order valence-electron chi connectivity index (χ2n) is 4.72. The third-order valence-corrected chi connectivity index (χ3v) is 3.29. The van der Waals surface area contributed by atoms with Crippen LogP contribution in [0, 0.1) is 0 Å². The van der Waals surface area contributed by atoms with Gasteiger partial charge < -0.3 is 14.6 Å². The smallest absolute Gasteiger partial charge is 0.154 e. The Morgan fingerprint density at radius 3 is 2.48 bits per heavy atom. The molecule has 0 heterocycles. The predicted octanol–water partition coefficient (Wildman–Crippen LogP) is 2.51. The summed E-state index contributed by atoms with van der Waals surface area (Å²) in [7, 11) is 2.99. The van der Waals surface area contributed by atoms with E-state index in [9.17, 15) is 14.7 Å². The maximum atomic E-state index is 11.3. The van der Waals surface area contributed by atoms with Gasteiger partial charge in [0.2, 0.25) is 0 Å². The van der Waals surface area contributed by atoms with Gasteiger partial charge in [-0.05, 0) is 30.0 Å². The lowest BCUT2D eigenvalue weighted by Gasteiger charge is -2.14. The Kier molecular flexibility index (Phi) is 4.12.